The number of aryl methyl sites for hydroxylation is 1. The van der Waals surface area contributed by atoms with Crippen LogP contribution in [0.4, 0.5) is 0 Å². The monoisotopic (exact) mass is 268 g/mol. The maximum atomic E-state index is 9.08. The lowest BCUT2D eigenvalue weighted by molar-refractivity contribution is -0.671. The molecule has 0 fully saturated rings. The third-order valence-electron chi connectivity index (χ3n) is 2.03. The summed E-state index contributed by atoms with van der Waals surface area (Å²) < 4.78 is 31.4. The SMILES string of the molecule is CS(=O)(=O)[O-].C[n+]1ccn(Cc2ccccc2)c1. The van der Waals surface area contributed by atoms with E-state index >= 15 is 0 Å². The van der Waals surface area contributed by atoms with Crippen LogP contribution in [-0.2, 0) is 23.7 Å². The number of aromatic nitrogens is 2. The first-order valence-electron chi connectivity index (χ1n) is 5.30. The molecule has 6 heteroatoms. The Bertz CT molecular complexity index is 568. The molecule has 0 aliphatic carbocycles. The first-order valence-corrected chi connectivity index (χ1v) is 7.12. The molecule has 0 aliphatic rings. The Kier molecular flexibility index (Phi) is 5.06. The average Bonchev–Trinajstić information content (AvgIpc) is 2.63. The van der Waals surface area contributed by atoms with E-state index in [9.17, 15) is 0 Å². The molecule has 1 aromatic carbocycles. The van der Waals surface area contributed by atoms with Crippen molar-refractivity contribution >= 4 is 10.1 Å². The van der Waals surface area contributed by atoms with Crippen molar-refractivity contribution in [2.24, 2.45) is 7.05 Å². The van der Waals surface area contributed by atoms with Gasteiger partial charge in [-0.2, -0.15) is 0 Å². The van der Waals surface area contributed by atoms with Crippen molar-refractivity contribution in [3.63, 3.8) is 0 Å². The summed E-state index contributed by atoms with van der Waals surface area (Å²) in [7, 11) is -1.89. The van der Waals surface area contributed by atoms with E-state index in [1.165, 1.54) is 5.56 Å². The number of rotatable bonds is 2. The van der Waals surface area contributed by atoms with E-state index in [1.807, 2.05) is 23.9 Å². The van der Waals surface area contributed by atoms with E-state index in [0.717, 1.165) is 6.54 Å². The van der Waals surface area contributed by atoms with Gasteiger partial charge >= 0.3 is 0 Å². The van der Waals surface area contributed by atoms with Gasteiger partial charge in [-0.3, -0.25) is 0 Å². The van der Waals surface area contributed by atoms with Crippen LogP contribution >= 0.6 is 0 Å². The van der Waals surface area contributed by atoms with Crippen LogP contribution in [-0.4, -0.2) is 23.8 Å². The van der Waals surface area contributed by atoms with Crippen molar-refractivity contribution in [3.8, 4) is 0 Å². The molecule has 0 bridgehead atoms. The van der Waals surface area contributed by atoms with Crippen LogP contribution in [0.1, 0.15) is 5.56 Å². The van der Waals surface area contributed by atoms with Crippen molar-refractivity contribution in [1.29, 1.82) is 0 Å². The van der Waals surface area contributed by atoms with Gasteiger partial charge in [-0.05, 0) is 5.56 Å². The molecule has 0 saturated carbocycles. The molecule has 0 aliphatic heterocycles. The second kappa shape index (κ2) is 6.32. The number of nitrogens with zero attached hydrogens (tertiary/aromatic N) is 2. The first kappa shape index (κ1) is 14.4. The van der Waals surface area contributed by atoms with E-state index in [2.05, 4.69) is 41.4 Å². The second-order valence-corrected chi connectivity index (χ2v) is 5.35. The van der Waals surface area contributed by atoms with Gasteiger partial charge in [0.25, 0.3) is 0 Å². The van der Waals surface area contributed by atoms with Gasteiger partial charge in [0.15, 0.2) is 0 Å². The standard InChI is InChI=1S/C11H13N2.CH4O3S/c1-12-7-8-13(10-12)9-11-5-3-2-4-6-11;1-5(2,3)4/h2-8,10H,9H2,1H3;1H3,(H,2,3,4)/q+1;/p-1. The Balaban J connectivity index is 0.000000280. The van der Waals surface area contributed by atoms with Crippen molar-refractivity contribution in [2.45, 2.75) is 6.54 Å². The summed E-state index contributed by atoms with van der Waals surface area (Å²) in [6, 6.07) is 10.5. The Hall–Kier alpha value is -1.66. The zero-order valence-corrected chi connectivity index (χ0v) is 11.2. The fourth-order valence-corrected chi connectivity index (χ4v) is 1.39. The van der Waals surface area contributed by atoms with Crippen LogP contribution in [0.15, 0.2) is 49.1 Å². The maximum Gasteiger partial charge on any atom is 0.243 e. The first-order chi connectivity index (χ1) is 8.34. The van der Waals surface area contributed by atoms with Crippen molar-refractivity contribution in [1.82, 2.24) is 4.57 Å². The predicted molar refractivity (Wildman–Crippen MR) is 66.8 cm³/mol. The highest BCUT2D eigenvalue weighted by molar-refractivity contribution is 7.84. The molecule has 1 heterocycles. The van der Waals surface area contributed by atoms with E-state index in [-0.39, 0.29) is 0 Å². The Morgan fingerprint density at radius 2 is 1.83 bits per heavy atom. The van der Waals surface area contributed by atoms with Gasteiger partial charge in [0, 0.05) is 6.26 Å². The summed E-state index contributed by atoms with van der Waals surface area (Å²) >= 11 is 0. The fourth-order valence-electron chi connectivity index (χ4n) is 1.39. The van der Waals surface area contributed by atoms with Gasteiger partial charge in [0.2, 0.25) is 6.33 Å². The number of hydrogen-bond acceptors (Lipinski definition) is 3. The number of hydrogen-bond donors (Lipinski definition) is 0. The molecule has 5 nitrogen and oxygen atoms in total. The largest absolute Gasteiger partial charge is 0.748 e. The van der Waals surface area contributed by atoms with Crippen LogP contribution in [0.3, 0.4) is 0 Å². The minimum atomic E-state index is -3.92. The zero-order chi connectivity index (χ0) is 13.6. The molecule has 0 amide bonds. The Morgan fingerprint density at radius 1 is 1.28 bits per heavy atom. The Labute approximate surface area is 107 Å². The van der Waals surface area contributed by atoms with Gasteiger partial charge in [0.05, 0.1) is 17.2 Å². The van der Waals surface area contributed by atoms with Crippen LogP contribution < -0.4 is 4.57 Å². The predicted octanol–water partition coefficient (Wildman–Crippen LogP) is 0.522. The van der Waals surface area contributed by atoms with Crippen LogP contribution in [0.2, 0.25) is 0 Å². The van der Waals surface area contributed by atoms with E-state index in [4.69, 9.17) is 13.0 Å². The van der Waals surface area contributed by atoms with Crippen LogP contribution in [0.25, 0.3) is 0 Å². The number of imidazole rings is 1. The van der Waals surface area contributed by atoms with E-state index < -0.39 is 10.1 Å². The molecular weight excluding hydrogens is 252 g/mol. The Morgan fingerprint density at radius 3 is 2.28 bits per heavy atom. The van der Waals surface area contributed by atoms with E-state index in [0.29, 0.717) is 6.26 Å². The van der Waals surface area contributed by atoms with Crippen molar-refractivity contribution in [2.75, 3.05) is 6.26 Å². The van der Waals surface area contributed by atoms with Crippen molar-refractivity contribution < 1.29 is 17.5 Å². The lowest BCUT2D eigenvalue weighted by atomic mass is 10.2. The summed E-state index contributed by atoms with van der Waals surface area (Å²) in [6.45, 7) is 0.946. The molecule has 0 unspecified atom stereocenters. The molecule has 98 valence electrons. The molecule has 0 atom stereocenters. The van der Waals surface area contributed by atoms with Crippen molar-refractivity contribution in [3.05, 3.63) is 54.6 Å². The fraction of sp³-hybridized carbons (Fsp3) is 0.250. The van der Waals surface area contributed by atoms with Crippen LogP contribution in [0.5, 0.6) is 0 Å². The third-order valence-corrected chi connectivity index (χ3v) is 2.03. The third kappa shape index (κ3) is 6.82. The zero-order valence-electron chi connectivity index (χ0n) is 10.4. The average molecular weight is 268 g/mol. The topological polar surface area (TPSA) is 66.0 Å². The highest BCUT2D eigenvalue weighted by Crippen LogP contribution is 2.00. The summed E-state index contributed by atoms with van der Waals surface area (Å²) in [5.74, 6) is 0. The smallest absolute Gasteiger partial charge is 0.243 e. The van der Waals surface area contributed by atoms with Gasteiger partial charge < -0.3 is 4.55 Å². The molecule has 0 radical (unpaired) electrons. The van der Waals surface area contributed by atoms with Gasteiger partial charge in [-0.15, -0.1) is 0 Å². The summed E-state index contributed by atoms with van der Waals surface area (Å²) in [6.07, 6.45) is 6.80. The second-order valence-electron chi connectivity index (χ2n) is 3.94. The maximum absolute atomic E-state index is 9.08. The molecule has 2 rings (SSSR count). The van der Waals surface area contributed by atoms with Gasteiger partial charge in [-0.1, -0.05) is 30.3 Å². The number of benzene rings is 1. The minimum Gasteiger partial charge on any atom is -0.748 e. The quantitative estimate of drug-likeness (QED) is 0.589. The summed E-state index contributed by atoms with van der Waals surface area (Å²) in [5.41, 5.74) is 1.33. The minimum absolute atomic E-state index is 0.604. The van der Waals surface area contributed by atoms with Gasteiger partial charge in [0.1, 0.15) is 18.9 Å². The molecule has 18 heavy (non-hydrogen) atoms. The molecule has 1 aromatic heterocycles. The highest BCUT2D eigenvalue weighted by Gasteiger charge is 1.99. The molecule has 0 N–H and O–H groups in total. The molecule has 0 spiro atoms. The lowest BCUT2D eigenvalue weighted by Gasteiger charge is -1.95. The normalized spacial score (nSPS) is 10.6. The lowest BCUT2D eigenvalue weighted by Crippen LogP contribution is -2.23. The van der Waals surface area contributed by atoms with Gasteiger partial charge in [-0.25, -0.2) is 17.6 Å². The molecule has 0 saturated heterocycles. The molecule has 2 aromatic rings. The summed E-state index contributed by atoms with van der Waals surface area (Å²) in [5, 5.41) is 0. The molecular formula is C12H16N2O3S. The van der Waals surface area contributed by atoms with E-state index in [1.54, 1.807) is 0 Å². The van der Waals surface area contributed by atoms with Crippen LogP contribution in [0, 0.1) is 0 Å². The summed E-state index contributed by atoms with van der Waals surface area (Å²) in [4.78, 5) is 0. The highest BCUT2D eigenvalue weighted by atomic mass is 32.2.